The second-order valence-electron chi connectivity index (χ2n) is 9.29. The molecule has 5 rings (SSSR count). The summed E-state index contributed by atoms with van der Waals surface area (Å²) in [5.74, 6) is 2.74. The van der Waals surface area contributed by atoms with Gasteiger partial charge in [-0.05, 0) is 81.7 Å². The number of fused-ring (bicyclic) bond motifs is 3. The fourth-order valence-electron chi connectivity index (χ4n) is 5.12. The maximum atomic E-state index is 5.03. The highest BCUT2D eigenvalue weighted by Gasteiger charge is 2.28. The first-order valence-electron chi connectivity index (χ1n) is 11.6. The molecule has 0 amide bonds. The van der Waals surface area contributed by atoms with Crippen LogP contribution in [0, 0.1) is 33.6 Å². The molecule has 1 aromatic carbocycles. The molecule has 1 aliphatic carbocycles. The lowest BCUT2D eigenvalue weighted by atomic mass is 9.93. The summed E-state index contributed by atoms with van der Waals surface area (Å²) in [6.07, 6.45) is 5.97. The number of hydrogen-bond donors (Lipinski definition) is 0. The molecule has 0 unspecified atom stereocenters. The average molecular weight is 413 g/mol. The third-order valence-electron chi connectivity index (χ3n) is 6.47. The van der Waals surface area contributed by atoms with Crippen LogP contribution in [-0.4, -0.2) is 27.5 Å². The SMILES string of the molecule is CCCN(CC1CC1)c1nc(C)nc2c(-c3c(C)cc(C)cc3C)c3ccccn3c12. The lowest BCUT2D eigenvalue weighted by Crippen LogP contribution is -2.28. The third kappa shape index (κ3) is 3.48. The molecule has 4 nitrogen and oxygen atoms in total. The monoisotopic (exact) mass is 412 g/mol. The molecule has 3 aromatic heterocycles. The van der Waals surface area contributed by atoms with E-state index in [0.717, 1.165) is 48.1 Å². The molecule has 0 spiro atoms. The zero-order valence-corrected chi connectivity index (χ0v) is 19.4. The van der Waals surface area contributed by atoms with Crippen molar-refractivity contribution in [2.24, 2.45) is 5.92 Å². The Morgan fingerprint density at radius 2 is 1.74 bits per heavy atom. The van der Waals surface area contributed by atoms with Crippen LogP contribution in [0.4, 0.5) is 5.82 Å². The van der Waals surface area contributed by atoms with Crippen LogP contribution in [0.2, 0.25) is 0 Å². The van der Waals surface area contributed by atoms with Gasteiger partial charge in [0.2, 0.25) is 0 Å². The second kappa shape index (κ2) is 7.67. The Morgan fingerprint density at radius 1 is 1.00 bits per heavy atom. The third-order valence-corrected chi connectivity index (χ3v) is 6.47. The molecular weight excluding hydrogens is 380 g/mol. The van der Waals surface area contributed by atoms with E-state index in [1.165, 1.54) is 46.2 Å². The Morgan fingerprint density at radius 3 is 2.42 bits per heavy atom. The highest BCUT2D eigenvalue weighted by Crippen LogP contribution is 2.41. The molecule has 3 heterocycles. The molecule has 1 saturated carbocycles. The maximum Gasteiger partial charge on any atom is 0.157 e. The lowest BCUT2D eigenvalue weighted by molar-refractivity contribution is 0.698. The van der Waals surface area contributed by atoms with Crippen LogP contribution < -0.4 is 4.90 Å². The molecular formula is C27H32N4. The van der Waals surface area contributed by atoms with Crippen LogP contribution in [0.3, 0.4) is 0 Å². The van der Waals surface area contributed by atoms with E-state index in [-0.39, 0.29) is 0 Å². The summed E-state index contributed by atoms with van der Waals surface area (Å²) in [7, 11) is 0. The quantitative estimate of drug-likeness (QED) is 0.367. The molecule has 0 bridgehead atoms. The number of benzene rings is 1. The number of aryl methyl sites for hydroxylation is 4. The van der Waals surface area contributed by atoms with E-state index >= 15 is 0 Å². The Bertz CT molecular complexity index is 1260. The number of hydrogen-bond acceptors (Lipinski definition) is 3. The molecule has 4 heteroatoms. The first-order chi connectivity index (χ1) is 15.0. The summed E-state index contributed by atoms with van der Waals surface area (Å²) in [4.78, 5) is 12.6. The van der Waals surface area contributed by atoms with Crippen LogP contribution in [0.5, 0.6) is 0 Å². The zero-order valence-electron chi connectivity index (χ0n) is 19.4. The van der Waals surface area contributed by atoms with Crippen LogP contribution in [0.15, 0.2) is 36.5 Å². The molecule has 160 valence electrons. The van der Waals surface area contributed by atoms with Gasteiger partial charge >= 0.3 is 0 Å². The summed E-state index contributed by atoms with van der Waals surface area (Å²) in [5.41, 5.74) is 9.87. The number of pyridine rings is 1. The summed E-state index contributed by atoms with van der Waals surface area (Å²) < 4.78 is 2.31. The van der Waals surface area contributed by atoms with E-state index in [0.29, 0.717) is 0 Å². The Balaban J connectivity index is 1.87. The predicted octanol–water partition coefficient (Wildman–Crippen LogP) is 6.41. The Kier molecular flexibility index (Phi) is 4.96. The normalized spacial score (nSPS) is 14.0. The van der Waals surface area contributed by atoms with Gasteiger partial charge in [-0.3, -0.25) is 0 Å². The van der Waals surface area contributed by atoms with Gasteiger partial charge < -0.3 is 9.30 Å². The van der Waals surface area contributed by atoms with Crippen molar-refractivity contribution < 1.29 is 0 Å². The highest BCUT2D eigenvalue weighted by atomic mass is 15.2. The number of rotatable bonds is 6. The van der Waals surface area contributed by atoms with E-state index in [1.54, 1.807) is 0 Å². The molecule has 0 atom stereocenters. The van der Waals surface area contributed by atoms with Crippen LogP contribution in [0.25, 0.3) is 27.7 Å². The smallest absolute Gasteiger partial charge is 0.157 e. The van der Waals surface area contributed by atoms with Crippen molar-refractivity contribution >= 4 is 22.4 Å². The molecule has 0 aliphatic heterocycles. The number of anilines is 1. The lowest BCUT2D eigenvalue weighted by Gasteiger charge is -2.24. The standard InChI is InChI=1S/C27H32N4/c1-6-12-30(16-21-10-11-21)27-26-25(28-20(5)29-27)24(22-9-7-8-13-31(22)26)23-18(3)14-17(2)15-19(23)4/h7-9,13-15,21H,6,10-12,16H2,1-5H3. The zero-order chi connectivity index (χ0) is 21.7. The fraction of sp³-hybridized carbons (Fsp3) is 0.407. The van der Waals surface area contributed by atoms with Crippen molar-refractivity contribution in [1.82, 2.24) is 14.4 Å². The number of nitrogens with zero attached hydrogens (tertiary/aromatic N) is 4. The van der Waals surface area contributed by atoms with Gasteiger partial charge in [-0.1, -0.05) is 30.7 Å². The minimum Gasteiger partial charge on any atom is -0.354 e. The molecule has 31 heavy (non-hydrogen) atoms. The first-order valence-corrected chi connectivity index (χ1v) is 11.6. The molecule has 1 fully saturated rings. The first kappa shape index (κ1) is 20.0. The minimum absolute atomic E-state index is 0.809. The average Bonchev–Trinajstić information content (AvgIpc) is 3.48. The predicted molar refractivity (Wildman–Crippen MR) is 130 cm³/mol. The highest BCUT2D eigenvalue weighted by molar-refractivity contribution is 6.08. The Labute approximate surface area is 184 Å². The van der Waals surface area contributed by atoms with Gasteiger partial charge in [-0.15, -0.1) is 0 Å². The van der Waals surface area contributed by atoms with Crippen molar-refractivity contribution in [3.63, 3.8) is 0 Å². The maximum absolute atomic E-state index is 5.03. The minimum atomic E-state index is 0.809. The van der Waals surface area contributed by atoms with E-state index in [2.05, 4.69) is 73.5 Å². The molecule has 0 radical (unpaired) electrons. The van der Waals surface area contributed by atoms with Crippen LogP contribution in [-0.2, 0) is 0 Å². The molecule has 0 N–H and O–H groups in total. The van der Waals surface area contributed by atoms with E-state index in [1.807, 2.05) is 6.92 Å². The van der Waals surface area contributed by atoms with E-state index < -0.39 is 0 Å². The largest absolute Gasteiger partial charge is 0.354 e. The van der Waals surface area contributed by atoms with Gasteiger partial charge in [0.05, 0.1) is 5.52 Å². The van der Waals surface area contributed by atoms with Crippen LogP contribution in [0.1, 0.15) is 48.7 Å². The van der Waals surface area contributed by atoms with Crippen molar-refractivity contribution in [2.75, 3.05) is 18.0 Å². The summed E-state index contributed by atoms with van der Waals surface area (Å²) in [6.45, 7) is 13.0. The van der Waals surface area contributed by atoms with Gasteiger partial charge in [-0.2, -0.15) is 0 Å². The topological polar surface area (TPSA) is 33.4 Å². The second-order valence-corrected chi connectivity index (χ2v) is 9.29. The fourth-order valence-corrected chi connectivity index (χ4v) is 5.12. The van der Waals surface area contributed by atoms with E-state index in [9.17, 15) is 0 Å². The van der Waals surface area contributed by atoms with Crippen molar-refractivity contribution in [2.45, 2.75) is 53.9 Å². The number of aromatic nitrogens is 3. The van der Waals surface area contributed by atoms with Crippen LogP contribution >= 0.6 is 0 Å². The van der Waals surface area contributed by atoms with E-state index in [4.69, 9.17) is 9.97 Å². The molecule has 4 aromatic rings. The summed E-state index contributed by atoms with van der Waals surface area (Å²) >= 11 is 0. The van der Waals surface area contributed by atoms with Gasteiger partial charge in [0.15, 0.2) is 5.82 Å². The van der Waals surface area contributed by atoms with Crippen molar-refractivity contribution in [3.8, 4) is 11.1 Å². The van der Waals surface area contributed by atoms with Crippen molar-refractivity contribution in [3.05, 3.63) is 59.0 Å². The molecule has 0 saturated heterocycles. The van der Waals surface area contributed by atoms with Crippen molar-refractivity contribution in [1.29, 1.82) is 0 Å². The molecule has 1 aliphatic rings. The van der Waals surface area contributed by atoms with Gasteiger partial charge in [0, 0.05) is 24.8 Å². The summed E-state index contributed by atoms with van der Waals surface area (Å²) in [5, 5.41) is 0. The summed E-state index contributed by atoms with van der Waals surface area (Å²) in [6, 6.07) is 11.0. The van der Waals surface area contributed by atoms with Gasteiger partial charge in [0.25, 0.3) is 0 Å². The Hall–Kier alpha value is -2.88. The van der Waals surface area contributed by atoms with Gasteiger partial charge in [-0.25, -0.2) is 9.97 Å². The van der Waals surface area contributed by atoms with Gasteiger partial charge in [0.1, 0.15) is 16.9 Å².